The molecule has 0 aliphatic carbocycles. The van der Waals surface area contributed by atoms with E-state index in [-0.39, 0.29) is 0 Å². The van der Waals surface area contributed by atoms with Crippen LogP contribution in [0, 0.1) is 0 Å². The van der Waals surface area contributed by atoms with Crippen LogP contribution in [-0.4, -0.2) is 22.6 Å². The third kappa shape index (κ3) is 5.30. The fourth-order valence-corrected chi connectivity index (χ4v) is 2.61. The molecule has 0 heterocycles. The summed E-state index contributed by atoms with van der Waals surface area (Å²) in [5.74, 6) is 1.45. The van der Waals surface area contributed by atoms with Crippen LogP contribution in [0.15, 0.2) is 59.3 Å². The Morgan fingerprint density at radius 3 is 1.35 bits per heavy atom. The largest absolute Gasteiger partial charge is 0.497 e. The van der Waals surface area contributed by atoms with E-state index in [1.54, 1.807) is 74.9 Å². The Morgan fingerprint density at radius 2 is 1.04 bits per heavy atom. The molecule has 2 aromatic rings. The highest BCUT2D eigenvalue weighted by Gasteiger charge is 2.00. The number of rotatable bonds is 6. The zero-order valence-corrected chi connectivity index (χ0v) is 13.8. The molecule has 5 heteroatoms. The average Bonchev–Trinajstić information content (AvgIpc) is 2.59. The highest BCUT2D eigenvalue weighted by Crippen LogP contribution is 2.15. The SMILES string of the molecule is COc1ccc(/C=C\S(=O)(=O)/C=C\c2ccc(OC)cc2)cc1. The van der Waals surface area contributed by atoms with Gasteiger partial charge in [-0.05, 0) is 47.5 Å². The minimum absolute atomic E-state index is 0.726. The van der Waals surface area contributed by atoms with Crippen molar-refractivity contribution in [3.05, 3.63) is 70.5 Å². The van der Waals surface area contributed by atoms with Crippen LogP contribution >= 0.6 is 0 Å². The fraction of sp³-hybridized carbons (Fsp3) is 0.111. The van der Waals surface area contributed by atoms with Crippen molar-refractivity contribution in [2.75, 3.05) is 14.2 Å². The van der Waals surface area contributed by atoms with Crippen LogP contribution in [-0.2, 0) is 9.84 Å². The average molecular weight is 330 g/mol. The smallest absolute Gasteiger partial charge is 0.193 e. The lowest BCUT2D eigenvalue weighted by Gasteiger charge is -1.99. The molecule has 4 nitrogen and oxygen atoms in total. The first kappa shape index (κ1) is 16.8. The van der Waals surface area contributed by atoms with Gasteiger partial charge in [0.1, 0.15) is 11.5 Å². The number of hydrogen-bond acceptors (Lipinski definition) is 4. The first-order chi connectivity index (χ1) is 11.0. The van der Waals surface area contributed by atoms with Gasteiger partial charge in [-0.1, -0.05) is 24.3 Å². The van der Waals surface area contributed by atoms with Crippen molar-refractivity contribution in [3.63, 3.8) is 0 Å². The van der Waals surface area contributed by atoms with Crippen LogP contribution in [0.2, 0.25) is 0 Å². The second-order valence-corrected chi connectivity index (χ2v) is 6.46. The second-order valence-electron chi connectivity index (χ2n) is 4.74. The Hall–Kier alpha value is -2.53. The van der Waals surface area contributed by atoms with Gasteiger partial charge in [0.15, 0.2) is 9.84 Å². The molecule has 2 rings (SSSR count). The van der Waals surface area contributed by atoms with E-state index in [0.29, 0.717) is 0 Å². The van der Waals surface area contributed by atoms with Gasteiger partial charge in [0.2, 0.25) is 0 Å². The van der Waals surface area contributed by atoms with Crippen LogP contribution in [0.4, 0.5) is 0 Å². The first-order valence-corrected chi connectivity index (χ1v) is 8.53. The Bertz CT molecular complexity index is 722. The summed E-state index contributed by atoms with van der Waals surface area (Å²) in [5, 5.41) is 2.35. The van der Waals surface area contributed by atoms with Crippen molar-refractivity contribution < 1.29 is 17.9 Å². The molecule has 0 aliphatic heterocycles. The molecule has 0 spiro atoms. The molecule has 0 saturated carbocycles. The van der Waals surface area contributed by atoms with Crippen LogP contribution in [0.25, 0.3) is 12.2 Å². The van der Waals surface area contributed by atoms with E-state index in [1.807, 2.05) is 0 Å². The normalized spacial score (nSPS) is 11.9. The maximum absolute atomic E-state index is 12.0. The van der Waals surface area contributed by atoms with Gasteiger partial charge in [0, 0.05) is 10.8 Å². The lowest BCUT2D eigenvalue weighted by molar-refractivity contribution is 0.414. The fourth-order valence-electron chi connectivity index (χ4n) is 1.82. The highest BCUT2D eigenvalue weighted by atomic mass is 32.2. The molecule has 0 radical (unpaired) electrons. The van der Waals surface area contributed by atoms with Crippen molar-refractivity contribution >= 4 is 22.0 Å². The standard InChI is InChI=1S/C18H18O4S/c1-21-17-7-3-15(4-8-17)11-13-23(19,20)14-12-16-5-9-18(22-2)10-6-16/h3-14H,1-2H3/b13-11-,14-12-. The van der Waals surface area contributed by atoms with Gasteiger partial charge in [-0.3, -0.25) is 0 Å². The molecule has 0 amide bonds. The van der Waals surface area contributed by atoms with Gasteiger partial charge in [-0.25, -0.2) is 8.42 Å². The maximum atomic E-state index is 12.0. The van der Waals surface area contributed by atoms with Gasteiger partial charge >= 0.3 is 0 Å². The van der Waals surface area contributed by atoms with Gasteiger partial charge < -0.3 is 9.47 Å². The molecule has 0 fully saturated rings. The van der Waals surface area contributed by atoms with Crippen molar-refractivity contribution in [1.29, 1.82) is 0 Å². The maximum Gasteiger partial charge on any atom is 0.193 e. The van der Waals surface area contributed by atoms with Crippen LogP contribution in [0.1, 0.15) is 11.1 Å². The lowest BCUT2D eigenvalue weighted by Crippen LogP contribution is -1.88. The van der Waals surface area contributed by atoms with Crippen molar-refractivity contribution in [3.8, 4) is 11.5 Å². The monoisotopic (exact) mass is 330 g/mol. The molecule has 0 aromatic heterocycles. The minimum atomic E-state index is -3.43. The molecule has 0 atom stereocenters. The van der Waals surface area contributed by atoms with E-state index < -0.39 is 9.84 Å². The molecular weight excluding hydrogens is 312 g/mol. The van der Waals surface area contributed by atoms with Crippen LogP contribution in [0.5, 0.6) is 11.5 Å². The van der Waals surface area contributed by atoms with Crippen LogP contribution < -0.4 is 9.47 Å². The molecular formula is C18H18O4S. The number of hydrogen-bond donors (Lipinski definition) is 0. The predicted octanol–water partition coefficient (Wildman–Crippen LogP) is 3.76. The van der Waals surface area contributed by atoms with Crippen molar-refractivity contribution in [2.45, 2.75) is 0 Å². The van der Waals surface area contributed by atoms with Gasteiger partial charge in [-0.2, -0.15) is 0 Å². The molecule has 120 valence electrons. The van der Waals surface area contributed by atoms with E-state index in [9.17, 15) is 8.42 Å². The predicted molar refractivity (Wildman–Crippen MR) is 93.0 cm³/mol. The summed E-state index contributed by atoms with van der Waals surface area (Å²) in [4.78, 5) is 0. The summed E-state index contributed by atoms with van der Waals surface area (Å²) in [6, 6.07) is 14.3. The molecule has 0 saturated heterocycles. The van der Waals surface area contributed by atoms with Gasteiger partial charge in [0.05, 0.1) is 14.2 Å². The molecule has 0 N–H and O–H groups in total. The topological polar surface area (TPSA) is 52.6 Å². The first-order valence-electron chi connectivity index (χ1n) is 6.92. The summed E-state index contributed by atoms with van der Waals surface area (Å²) >= 11 is 0. The van der Waals surface area contributed by atoms with Crippen molar-refractivity contribution in [2.24, 2.45) is 0 Å². The third-order valence-corrected chi connectivity index (χ3v) is 4.16. The van der Waals surface area contributed by atoms with E-state index >= 15 is 0 Å². The molecule has 0 bridgehead atoms. The number of sulfone groups is 1. The molecule has 0 unspecified atom stereocenters. The summed E-state index contributed by atoms with van der Waals surface area (Å²) < 4.78 is 34.1. The lowest BCUT2D eigenvalue weighted by atomic mass is 10.2. The molecule has 23 heavy (non-hydrogen) atoms. The summed E-state index contributed by atoms with van der Waals surface area (Å²) in [6.45, 7) is 0. The highest BCUT2D eigenvalue weighted by molar-refractivity contribution is 7.97. The van der Waals surface area contributed by atoms with Gasteiger partial charge in [0.25, 0.3) is 0 Å². The molecule has 0 aliphatic rings. The Labute approximate surface area is 136 Å². The minimum Gasteiger partial charge on any atom is -0.497 e. The Kier molecular flexibility index (Phi) is 5.60. The number of ether oxygens (including phenoxy) is 2. The zero-order chi connectivity index (χ0) is 16.7. The molecule has 2 aromatic carbocycles. The zero-order valence-electron chi connectivity index (χ0n) is 13.0. The Balaban J connectivity index is 2.07. The van der Waals surface area contributed by atoms with E-state index in [1.165, 1.54) is 10.8 Å². The van der Waals surface area contributed by atoms with Crippen molar-refractivity contribution in [1.82, 2.24) is 0 Å². The third-order valence-electron chi connectivity index (χ3n) is 3.13. The Morgan fingerprint density at radius 1 is 0.696 bits per heavy atom. The van der Waals surface area contributed by atoms with Gasteiger partial charge in [-0.15, -0.1) is 0 Å². The summed E-state index contributed by atoms with van der Waals surface area (Å²) in [6.07, 6.45) is 3.10. The summed E-state index contributed by atoms with van der Waals surface area (Å²) in [5.41, 5.74) is 1.57. The number of benzene rings is 2. The van der Waals surface area contributed by atoms with E-state index in [2.05, 4.69) is 0 Å². The summed E-state index contributed by atoms with van der Waals surface area (Å²) in [7, 11) is -0.268. The number of methoxy groups -OCH3 is 2. The van der Waals surface area contributed by atoms with E-state index in [4.69, 9.17) is 9.47 Å². The second kappa shape index (κ2) is 7.65. The quantitative estimate of drug-likeness (QED) is 0.809. The van der Waals surface area contributed by atoms with Crippen LogP contribution in [0.3, 0.4) is 0 Å². The van der Waals surface area contributed by atoms with E-state index in [0.717, 1.165) is 22.6 Å².